The van der Waals surface area contributed by atoms with Crippen molar-refractivity contribution in [2.45, 2.75) is 26.2 Å². The monoisotopic (exact) mass is 186 g/mol. The van der Waals surface area contributed by atoms with Gasteiger partial charge in [0.05, 0.1) is 0 Å². The number of allylic oxidation sites excluding steroid dienone is 2. The van der Waals surface area contributed by atoms with Crippen molar-refractivity contribution < 1.29 is 5.11 Å². The second-order valence-electron chi connectivity index (χ2n) is 2.47. The van der Waals surface area contributed by atoms with Crippen LogP contribution >= 0.6 is 0 Å². The standard InChI is InChI=1S/C13H14O/c1-2-3-4-5-6-7-8-9-10-11-12-13-14/h9-10,14H,8,11-13H2,1H3. The van der Waals surface area contributed by atoms with Gasteiger partial charge in [-0.3, -0.25) is 0 Å². The van der Waals surface area contributed by atoms with Crippen LogP contribution in [-0.2, 0) is 0 Å². The van der Waals surface area contributed by atoms with E-state index in [9.17, 15) is 0 Å². The summed E-state index contributed by atoms with van der Waals surface area (Å²) in [5.74, 6) is 16.1. The van der Waals surface area contributed by atoms with Crippen LogP contribution in [0.15, 0.2) is 12.2 Å². The van der Waals surface area contributed by atoms with Gasteiger partial charge in [-0.15, -0.1) is 0 Å². The van der Waals surface area contributed by atoms with Crippen LogP contribution in [0, 0.1) is 35.5 Å². The summed E-state index contributed by atoms with van der Waals surface area (Å²) in [6.07, 6.45) is 6.43. The summed E-state index contributed by atoms with van der Waals surface area (Å²) in [4.78, 5) is 0. The second kappa shape index (κ2) is 11.4. The third-order valence-corrected chi connectivity index (χ3v) is 1.32. The molecule has 0 amide bonds. The minimum absolute atomic E-state index is 0.247. The summed E-state index contributed by atoms with van der Waals surface area (Å²) in [5, 5.41) is 8.50. The average molecular weight is 186 g/mol. The molecule has 1 heteroatoms. The molecule has 0 aliphatic carbocycles. The molecule has 0 saturated heterocycles. The predicted octanol–water partition coefficient (Wildman–Crippen LogP) is 1.74. The molecule has 0 aliphatic heterocycles. The van der Waals surface area contributed by atoms with Crippen LogP contribution in [0.5, 0.6) is 0 Å². The van der Waals surface area contributed by atoms with Gasteiger partial charge < -0.3 is 5.11 Å². The summed E-state index contributed by atoms with van der Waals surface area (Å²) < 4.78 is 0. The highest BCUT2D eigenvalue weighted by Crippen LogP contribution is 1.90. The van der Waals surface area contributed by atoms with E-state index in [1.807, 2.05) is 12.2 Å². The average Bonchev–Trinajstić information content (AvgIpc) is 2.21. The molecule has 0 spiro atoms. The first-order valence-corrected chi connectivity index (χ1v) is 4.57. The van der Waals surface area contributed by atoms with Gasteiger partial charge in [0.15, 0.2) is 0 Å². The quantitative estimate of drug-likeness (QED) is 0.403. The second-order valence-corrected chi connectivity index (χ2v) is 2.47. The molecule has 72 valence electrons. The topological polar surface area (TPSA) is 20.2 Å². The molecule has 1 N–H and O–H groups in total. The Bertz CT molecular complexity index is 331. The van der Waals surface area contributed by atoms with Gasteiger partial charge >= 0.3 is 0 Å². The maximum Gasteiger partial charge on any atom is 0.0433 e. The minimum Gasteiger partial charge on any atom is -0.396 e. The SMILES string of the molecule is CC#CC#CC#CCC=CCCCO. The minimum atomic E-state index is 0.247. The summed E-state index contributed by atoms with van der Waals surface area (Å²) in [7, 11) is 0. The van der Waals surface area contributed by atoms with Gasteiger partial charge in [-0.2, -0.15) is 0 Å². The molecule has 0 fully saturated rings. The van der Waals surface area contributed by atoms with E-state index in [0.717, 1.165) is 12.8 Å². The van der Waals surface area contributed by atoms with Gasteiger partial charge in [0, 0.05) is 13.0 Å². The lowest BCUT2D eigenvalue weighted by molar-refractivity contribution is 0.289. The van der Waals surface area contributed by atoms with Gasteiger partial charge in [0.25, 0.3) is 0 Å². The van der Waals surface area contributed by atoms with Crippen LogP contribution in [-0.4, -0.2) is 11.7 Å². The summed E-state index contributed by atoms with van der Waals surface area (Å²) >= 11 is 0. The van der Waals surface area contributed by atoms with Crippen molar-refractivity contribution in [2.24, 2.45) is 0 Å². The molecule has 0 aliphatic rings. The van der Waals surface area contributed by atoms with Gasteiger partial charge in [-0.25, -0.2) is 0 Å². The Morgan fingerprint density at radius 2 is 1.86 bits per heavy atom. The summed E-state index contributed by atoms with van der Waals surface area (Å²) in [5.41, 5.74) is 0. The molecule has 14 heavy (non-hydrogen) atoms. The highest BCUT2D eigenvalue weighted by molar-refractivity contribution is 5.35. The molecule has 0 bridgehead atoms. The van der Waals surface area contributed by atoms with Crippen molar-refractivity contribution in [3.8, 4) is 35.5 Å². The van der Waals surface area contributed by atoms with Gasteiger partial charge in [0.2, 0.25) is 0 Å². The molecule has 0 aromatic carbocycles. The maximum atomic E-state index is 8.50. The zero-order chi connectivity index (χ0) is 10.5. The van der Waals surface area contributed by atoms with Crippen molar-refractivity contribution in [3.05, 3.63) is 12.2 Å². The fraction of sp³-hybridized carbons (Fsp3) is 0.385. The van der Waals surface area contributed by atoms with E-state index in [2.05, 4.69) is 35.5 Å². The molecular weight excluding hydrogens is 172 g/mol. The first kappa shape index (κ1) is 12.4. The van der Waals surface area contributed by atoms with Crippen LogP contribution in [0.25, 0.3) is 0 Å². The molecule has 0 radical (unpaired) electrons. The lowest BCUT2D eigenvalue weighted by Gasteiger charge is -1.85. The summed E-state index contributed by atoms with van der Waals surface area (Å²) in [6.45, 7) is 1.99. The molecule has 1 nitrogen and oxygen atoms in total. The predicted molar refractivity (Wildman–Crippen MR) is 59.1 cm³/mol. The van der Waals surface area contributed by atoms with E-state index >= 15 is 0 Å². The van der Waals surface area contributed by atoms with E-state index in [1.165, 1.54) is 0 Å². The van der Waals surface area contributed by atoms with Crippen LogP contribution < -0.4 is 0 Å². The van der Waals surface area contributed by atoms with E-state index in [4.69, 9.17) is 5.11 Å². The van der Waals surface area contributed by atoms with Crippen molar-refractivity contribution in [1.82, 2.24) is 0 Å². The lowest BCUT2D eigenvalue weighted by Crippen LogP contribution is -1.77. The zero-order valence-electron chi connectivity index (χ0n) is 8.43. The molecule has 0 aromatic rings. The number of aliphatic hydroxyl groups is 1. The molecular formula is C13H14O. The number of hydrogen-bond donors (Lipinski definition) is 1. The Morgan fingerprint density at radius 3 is 2.57 bits per heavy atom. The van der Waals surface area contributed by atoms with Crippen LogP contribution in [0.2, 0.25) is 0 Å². The fourth-order valence-corrected chi connectivity index (χ4v) is 0.689. The number of hydrogen-bond acceptors (Lipinski definition) is 1. The highest BCUT2D eigenvalue weighted by atomic mass is 16.2. The van der Waals surface area contributed by atoms with Crippen molar-refractivity contribution in [1.29, 1.82) is 0 Å². The van der Waals surface area contributed by atoms with Crippen LogP contribution in [0.1, 0.15) is 26.2 Å². The molecule has 0 heterocycles. The first-order valence-electron chi connectivity index (χ1n) is 4.57. The highest BCUT2D eigenvalue weighted by Gasteiger charge is 1.76. The maximum absolute atomic E-state index is 8.50. The summed E-state index contributed by atoms with van der Waals surface area (Å²) in [6, 6.07) is 0. The third-order valence-electron chi connectivity index (χ3n) is 1.32. The lowest BCUT2D eigenvalue weighted by atomic mass is 10.3. The van der Waals surface area contributed by atoms with Gasteiger partial charge in [-0.1, -0.05) is 24.0 Å². The Kier molecular flexibility index (Phi) is 10.1. The molecule has 0 unspecified atom stereocenters. The van der Waals surface area contributed by atoms with Crippen LogP contribution in [0.4, 0.5) is 0 Å². The van der Waals surface area contributed by atoms with Crippen LogP contribution in [0.3, 0.4) is 0 Å². The Morgan fingerprint density at radius 1 is 1.07 bits per heavy atom. The smallest absolute Gasteiger partial charge is 0.0433 e. The Hall–Kier alpha value is -1.62. The number of rotatable bonds is 4. The largest absolute Gasteiger partial charge is 0.396 e. The molecule has 0 saturated carbocycles. The Balaban J connectivity index is 3.56. The van der Waals surface area contributed by atoms with E-state index in [-0.39, 0.29) is 6.61 Å². The van der Waals surface area contributed by atoms with Gasteiger partial charge in [-0.05, 0) is 43.4 Å². The van der Waals surface area contributed by atoms with E-state index < -0.39 is 0 Å². The zero-order valence-corrected chi connectivity index (χ0v) is 8.43. The van der Waals surface area contributed by atoms with Gasteiger partial charge in [0.1, 0.15) is 0 Å². The third kappa shape index (κ3) is 10.4. The van der Waals surface area contributed by atoms with E-state index in [1.54, 1.807) is 6.92 Å². The van der Waals surface area contributed by atoms with Crippen molar-refractivity contribution in [3.63, 3.8) is 0 Å². The van der Waals surface area contributed by atoms with Crippen molar-refractivity contribution in [2.75, 3.05) is 6.61 Å². The Labute approximate surface area is 86.2 Å². The fourth-order valence-electron chi connectivity index (χ4n) is 0.689. The molecule has 0 atom stereocenters. The normalized spacial score (nSPS) is 7.86. The molecule has 0 aromatic heterocycles. The molecule has 0 rings (SSSR count). The van der Waals surface area contributed by atoms with Crippen molar-refractivity contribution >= 4 is 0 Å². The number of aliphatic hydroxyl groups excluding tert-OH is 1. The first-order chi connectivity index (χ1) is 6.91. The number of unbranched alkanes of at least 4 members (excludes halogenated alkanes) is 1. The van der Waals surface area contributed by atoms with E-state index in [0.29, 0.717) is 6.42 Å².